The zero-order chi connectivity index (χ0) is 22.4. The van der Waals surface area contributed by atoms with Gasteiger partial charge < -0.3 is 9.47 Å². The van der Waals surface area contributed by atoms with Crippen molar-refractivity contribution in [3.63, 3.8) is 0 Å². The van der Waals surface area contributed by atoms with Crippen molar-refractivity contribution >= 4 is 33.3 Å². The van der Waals surface area contributed by atoms with E-state index < -0.39 is 16.2 Å². The Hall–Kier alpha value is -1.66. The van der Waals surface area contributed by atoms with Gasteiger partial charge in [-0.3, -0.25) is 4.18 Å². The summed E-state index contributed by atoms with van der Waals surface area (Å²) in [7, 11) is -3.42. The molecule has 6 nitrogen and oxygen atoms in total. The van der Waals surface area contributed by atoms with E-state index in [0.29, 0.717) is 24.7 Å². The van der Waals surface area contributed by atoms with E-state index >= 15 is 0 Å². The van der Waals surface area contributed by atoms with Crippen LogP contribution in [-0.2, 0) is 23.8 Å². The fraction of sp³-hybridized carbons (Fsp3) is 0.409. The predicted molar refractivity (Wildman–Crippen MR) is 118 cm³/mol. The van der Waals surface area contributed by atoms with E-state index in [4.69, 9.17) is 42.1 Å². The molecule has 0 amide bonds. The first kappa shape index (κ1) is 24.0. The van der Waals surface area contributed by atoms with Crippen molar-refractivity contribution in [2.24, 2.45) is 5.92 Å². The van der Waals surface area contributed by atoms with Crippen LogP contribution in [0.4, 0.5) is 0 Å². The van der Waals surface area contributed by atoms with Gasteiger partial charge in [0.2, 0.25) is 0 Å². The highest BCUT2D eigenvalue weighted by molar-refractivity contribution is 7.86. The molecule has 0 aliphatic carbocycles. The Labute approximate surface area is 192 Å². The average Bonchev–Trinajstić information content (AvgIpc) is 3.38. The molecule has 0 radical (unpaired) electrons. The van der Waals surface area contributed by atoms with E-state index in [1.54, 1.807) is 12.1 Å². The summed E-state index contributed by atoms with van der Waals surface area (Å²) in [5.41, 5.74) is 2.08. The second-order valence-corrected chi connectivity index (χ2v) is 9.94. The molecule has 0 spiro atoms. The lowest BCUT2D eigenvalue weighted by atomic mass is 10.0. The number of rotatable bonds is 4. The van der Waals surface area contributed by atoms with Crippen molar-refractivity contribution < 1.29 is 22.1 Å². The third-order valence-corrected chi connectivity index (χ3v) is 6.06. The molecule has 2 saturated heterocycles. The number of nitriles is 1. The molecule has 2 fully saturated rings. The molecule has 0 bridgehead atoms. The Morgan fingerprint density at radius 3 is 1.84 bits per heavy atom. The smallest absolute Gasteiger partial charge is 0.264 e. The van der Waals surface area contributed by atoms with E-state index in [9.17, 15) is 8.42 Å². The Kier molecular flexibility index (Phi) is 8.34. The summed E-state index contributed by atoms with van der Waals surface area (Å²) in [5, 5.41) is 10.1. The van der Waals surface area contributed by atoms with Crippen LogP contribution in [0.2, 0.25) is 10.0 Å². The second-order valence-electron chi connectivity index (χ2n) is 7.47. The lowest BCUT2D eigenvalue weighted by Gasteiger charge is -2.09. The van der Waals surface area contributed by atoms with Gasteiger partial charge in [0.25, 0.3) is 10.1 Å². The highest BCUT2D eigenvalue weighted by Crippen LogP contribution is 2.33. The van der Waals surface area contributed by atoms with E-state index in [1.165, 1.54) is 0 Å². The van der Waals surface area contributed by atoms with Crippen LogP contribution in [0.1, 0.15) is 36.2 Å². The van der Waals surface area contributed by atoms with E-state index in [1.807, 2.05) is 36.4 Å². The molecule has 31 heavy (non-hydrogen) atoms. The van der Waals surface area contributed by atoms with Gasteiger partial charge in [0.1, 0.15) is 6.10 Å². The van der Waals surface area contributed by atoms with Gasteiger partial charge in [-0.1, -0.05) is 47.5 Å². The topological polar surface area (TPSA) is 85.6 Å². The summed E-state index contributed by atoms with van der Waals surface area (Å²) in [4.78, 5) is 0. The van der Waals surface area contributed by atoms with Crippen molar-refractivity contribution in [2.75, 3.05) is 19.5 Å². The lowest BCUT2D eigenvalue weighted by Crippen LogP contribution is -2.17. The zero-order valence-electron chi connectivity index (χ0n) is 16.9. The largest absolute Gasteiger partial charge is 0.372 e. The first-order valence-electron chi connectivity index (χ1n) is 9.75. The van der Waals surface area contributed by atoms with Crippen LogP contribution in [0.15, 0.2) is 48.5 Å². The molecule has 2 aromatic rings. The Balaban J connectivity index is 0.000000179. The molecular weight excluding hydrogens is 461 g/mol. The lowest BCUT2D eigenvalue weighted by molar-refractivity contribution is 0.0958. The van der Waals surface area contributed by atoms with Gasteiger partial charge in [-0.15, -0.1) is 0 Å². The molecule has 0 saturated carbocycles. The monoisotopic (exact) mass is 483 g/mol. The van der Waals surface area contributed by atoms with Crippen molar-refractivity contribution in [3.05, 3.63) is 69.7 Å². The van der Waals surface area contributed by atoms with Gasteiger partial charge in [0.15, 0.2) is 0 Å². The molecular formula is C22H23Cl2NO5S. The molecule has 4 rings (SSSR count). The summed E-state index contributed by atoms with van der Waals surface area (Å²) in [5.74, 6) is 0.0377. The highest BCUT2D eigenvalue weighted by atomic mass is 35.5. The van der Waals surface area contributed by atoms with Crippen molar-refractivity contribution in [3.8, 4) is 6.07 Å². The summed E-state index contributed by atoms with van der Waals surface area (Å²) in [6.45, 7) is 0.837. The van der Waals surface area contributed by atoms with Crippen molar-refractivity contribution in [2.45, 2.75) is 31.2 Å². The maximum absolute atomic E-state index is 11.0. The van der Waals surface area contributed by atoms with Crippen LogP contribution in [-0.4, -0.2) is 34.0 Å². The third kappa shape index (κ3) is 7.46. The van der Waals surface area contributed by atoms with E-state index in [0.717, 1.165) is 28.8 Å². The van der Waals surface area contributed by atoms with Crippen LogP contribution in [0.3, 0.4) is 0 Å². The second kappa shape index (κ2) is 10.8. The zero-order valence-corrected chi connectivity index (χ0v) is 19.2. The third-order valence-electron chi connectivity index (χ3n) is 4.93. The summed E-state index contributed by atoms with van der Waals surface area (Å²) in [6.07, 6.45) is 1.91. The number of benzene rings is 2. The minimum atomic E-state index is -3.42. The number of hydrogen-bond donors (Lipinski definition) is 0. The molecule has 2 heterocycles. The molecule has 4 atom stereocenters. The molecule has 166 valence electrons. The fourth-order valence-corrected chi connectivity index (χ4v) is 4.33. The summed E-state index contributed by atoms with van der Waals surface area (Å²) in [6, 6.07) is 17.1. The van der Waals surface area contributed by atoms with Crippen LogP contribution in [0.25, 0.3) is 0 Å². The van der Waals surface area contributed by atoms with Crippen LogP contribution < -0.4 is 0 Å². The fourth-order valence-electron chi connectivity index (χ4n) is 3.45. The number of ether oxygens (including phenoxy) is 2. The van der Waals surface area contributed by atoms with Crippen LogP contribution in [0, 0.1) is 17.2 Å². The Morgan fingerprint density at radius 2 is 1.39 bits per heavy atom. The van der Waals surface area contributed by atoms with Gasteiger partial charge in [-0.25, -0.2) is 0 Å². The van der Waals surface area contributed by atoms with Crippen LogP contribution in [0.5, 0.6) is 0 Å². The van der Waals surface area contributed by atoms with E-state index in [2.05, 4.69) is 6.07 Å². The molecule has 2 aliphatic rings. The minimum absolute atomic E-state index is 0.0377. The molecule has 2 unspecified atom stereocenters. The first-order valence-corrected chi connectivity index (χ1v) is 12.3. The number of nitrogens with zero attached hydrogens (tertiary/aromatic N) is 1. The summed E-state index contributed by atoms with van der Waals surface area (Å²) >= 11 is 11.6. The summed E-state index contributed by atoms with van der Waals surface area (Å²) < 4.78 is 37.9. The standard InChI is InChI=1S/C11H10ClNO.C11H13ClO4S/c12-10-3-1-9(2-4-10)11-5-8(6-13)7-14-11;1-17(13,14)16-10-6-11(15-7-10)8-2-4-9(12)5-3-8/h1-4,8,11H,5,7H2;2-5,10-11H,6-7H2,1H3/t8-,11-;/m1./s1. The van der Waals surface area contributed by atoms with Gasteiger partial charge in [0, 0.05) is 16.5 Å². The number of halogens is 2. The van der Waals surface area contributed by atoms with Gasteiger partial charge in [-0.2, -0.15) is 13.7 Å². The molecule has 2 aromatic carbocycles. The Morgan fingerprint density at radius 1 is 0.903 bits per heavy atom. The highest BCUT2D eigenvalue weighted by Gasteiger charge is 2.30. The van der Waals surface area contributed by atoms with Crippen molar-refractivity contribution in [1.29, 1.82) is 5.26 Å². The average molecular weight is 484 g/mol. The SMILES string of the molecule is CS(=O)(=O)OC1COC(c2ccc(Cl)cc2)C1.N#C[C@@H]1CO[C@@H](c2ccc(Cl)cc2)C1. The van der Waals surface area contributed by atoms with Crippen LogP contribution >= 0.6 is 23.2 Å². The quantitative estimate of drug-likeness (QED) is 0.563. The Bertz CT molecular complexity index is 1010. The predicted octanol–water partition coefficient (Wildman–Crippen LogP) is 5.09. The molecule has 9 heteroatoms. The van der Waals surface area contributed by atoms with Gasteiger partial charge in [0.05, 0.1) is 43.7 Å². The molecule has 0 N–H and O–H groups in total. The normalized spacial score (nSPS) is 25.5. The minimum Gasteiger partial charge on any atom is -0.372 e. The van der Waals surface area contributed by atoms with Gasteiger partial charge in [-0.05, 0) is 41.8 Å². The maximum atomic E-state index is 11.0. The van der Waals surface area contributed by atoms with E-state index in [-0.39, 0.29) is 18.1 Å². The maximum Gasteiger partial charge on any atom is 0.264 e. The van der Waals surface area contributed by atoms with Gasteiger partial charge >= 0.3 is 0 Å². The molecule has 0 aromatic heterocycles. The molecule has 2 aliphatic heterocycles. The first-order chi connectivity index (χ1) is 14.7. The number of hydrogen-bond acceptors (Lipinski definition) is 6. The van der Waals surface area contributed by atoms with Crippen molar-refractivity contribution in [1.82, 2.24) is 0 Å².